The Morgan fingerprint density at radius 1 is 0.833 bits per heavy atom. The van der Waals surface area contributed by atoms with Crippen LogP contribution in [-0.2, 0) is 29.8 Å². The number of imidazole rings is 1. The Hall–Kier alpha value is -1.62. The number of nitrogens with two attached hydrogens (primary N) is 1. The maximum absolute atomic E-state index is 12.5. The van der Waals surface area contributed by atoms with Crippen molar-refractivity contribution in [3.05, 3.63) is 12.7 Å². The Morgan fingerprint density at radius 3 is 2.10 bits per heavy atom. The Bertz CT molecular complexity index is 994. The second-order valence-corrected chi connectivity index (χ2v) is 12.7. The van der Waals surface area contributed by atoms with E-state index in [4.69, 9.17) is 24.5 Å². The highest BCUT2D eigenvalue weighted by Crippen LogP contribution is 2.42. The van der Waals surface area contributed by atoms with Gasteiger partial charge in [0.25, 0.3) is 0 Å². The van der Waals surface area contributed by atoms with Gasteiger partial charge < -0.3 is 33.9 Å². The first kappa shape index (κ1) is 36.6. The molecule has 2 rings (SSSR count). The number of ether oxygens (including phenoxy) is 3. The van der Waals surface area contributed by atoms with E-state index in [1.54, 1.807) is 10.9 Å². The van der Waals surface area contributed by atoms with Gasteiger partial charge in [-0.05, 0) is 19.8 Å². The fraction of sp³-hybridized carbons (Fsp3) is 0.833. The molecule has 0 amide bonds. The summed E-state index contributed by atoms with van der Waals surface area (Å²) in [5, 5.41) is 0. The van der Waals surface area contributed by atoms with Crippen LogP contribution in [0.4, 0.5) is 5.82 Å². The zero-order valence-electron chi connectivity index (χ0n) is 26.1. The molecule has 2 atom stereocenters. The first-order valence-corrected chi connectivity index (χ1v) is 17.9. The van der Waals surface area contributed by atoms with Gasteiger partial charge in [0.15, 0.2) is 11.5 Å². The quantitative estimate of drug-likeness (QED) is 0.0770. The van der Waals surface area contributed by atoms with E-state index in [2.05, 4.69) is 21.9 Å². The van der Waals surface area contributed by atoms with Crippen molar-refractivity contribution in [1.29, 1.82) is 0 Å². The van der Waals surface area contributed by atoms with Crippen LogP contribution in [-0.4, -0.2) is 69.9 Å². The van der Waals surface area contributed by atoms with Crippen LogP contribution in [0, 0.1) is 0 Å². The number of hydrogen-bond donors (Lipinski definition) is 2. The van der Waals surface area contributed by atoms with E-state index in [1.165, 1.54) is 89.8 Å². The van der Waals surface area contributed by atoms with Crippen molar-refractivity contribution < 1.29 is 28.2 Å². The molecule has 0 fully saturated rings. The van der Waals surface area contributed by atoms with Crippen LogP contribution in [0.5, 0.6) is 0 Å². The van der Waals surface area contributed by atoms with Crippen LogP contribution in [0.2, 0.25) is 0 Å². The van der Waals surface area contributed by atoms with E-state index in [-0.39, 0.29) is 19.0 Å². The molecule has 0 radical (unpaired) electrons. The minimum absolute atomic E-state index is 0.133. The van der Waals surface area contributed by atoms with Crippen molar-refractivity contribution in [2.45, 2.75) is 123 Å². The highest BCUT2D eigenvalue weighted by molar-refractivity contribution is 7.52. The predicted molar refractivity (Wildman–Crippen MR) is 167 cm³/mol. The van der Waals surface area contributed by atoms with Gasteiger partial charge in [-0.25, -0.2) is 15.0 Å². The number of anilines is 1. The molecule has 0 aliphatic heterocycles. The summed E-state index contributed by atoms with van der Waals surface area (Å²) in [6.07, 6.45) is 21.2. The lowest BCUT2D eigenvalue weighted by Crippen LogP contribution is -2.26. The zero-order chi connectivity index (χ0) is 30.3. The molecule has 11 nitrogen and oxygen atoms in total. The predicted octanol–water partition coefficient (Wildman–Crippen LogP) is 6.88. The monoisotopic (exact) mass is 613 g/mol. The second kappa shape index (κ2) is 22.9. The molecule has 0 bridgehead atoms. The number of nitrogen functional groups attached to an aromatic ring is 1. The molecule has 12 heteroatoms. The fourth-order valence-corrected chi connectivity index (χ4v) is 5.65. The maximum Gasteiger partial charge on any atom is 0.353 e. The SMILES string of the molecule is CCCCCCCCCCCCCCCCOCCCOP(=O)(O)CO[C@H](COCC)Cn1cnc2c(N)ncnc21. The van der Waals surface area contributed by atoms with Crippen molar-refractivity contribution in [1.82, 2.24) is 19.5 Å². The summed E-state index contributed by atoms with van der Waals surface area (Å²) in [6.45, 7) is 6.55. The van der Waals surface area contributed by atoms with Gasteiger partial charge in [0.1, 0.15) is 18.2 Å². The molecule has 0 spiro atoms. The standard InChI is InChI=1S/C30H56N5O6P/c1-3-5-6-7-8-9-10-11-12-13-14-15-16-17-19-39-20-18-21-41-42(36,37)26-40-27(23-38-4-2)22-35-25-34-28-29(31)32-24-33-30(28)35/h24-25,27H,3-23,26H2,1-2H3,(H,36,37)(H2,31,32,33)/t27-/m0/s1. The van der Waals surface area contributed by atoms with Crippen molar-refractivity contribution in [2.75, 3.05) is 45.1 Å². The summed E-state index contributed by atoms with van der Waals surface area (Å²) >= 11 is 0. The third kappa shape index (κ3) is 16.3. The first-order valence-electron chi connectivity index (χ1n) is 16.1. The van der Waals surface area contributed by atoms with Gasteiger partial charge in [-0.3, -0.25) is 4.57 Å². The van der Waals surface area contributed by atoms with Gasteiger partial charge in [0.05, 0.1) is 32.2 Å². The lowest BCUT2D eigenvalue weighted by molar-refractivity contribution is -0.00983. The van der Waals surface area contributed by atoms with Crippen LogP contribution >= 0.6 is 7.60 Å². The summed E-state index contributed by atoms with van der Waals surface area (Å²) in [5.41, 5.74) is 6.92. The molecule has 0 aliphatic rings. The number of unbranched alkanes of at least 4 members (excludes halogenated alkanes) is 13. The summed E-state index contributed by atoms with van der Waals surface area (Å²) in [7, 11) is -3.92. The van der Waals surface area contributed by atoms with Gasteiger partial charge in [0.2, 0.25) is 0 Å². The summed E-state index contributed by atoms with van der Waals surface area (Å²) in [6, 6.07) is 0. The van der Waals surface area contributed by atoms with Crippen molar-refractivity contribution in [3.63, 3.8) is 0 Å². The van der Waals surface area contributed by atoms with Crippen LogP contribution in [0.3, 0.4) is 0 Å². The third-order valence-corrected chi connectivity index (χ3v) is 8.24. The number of nitrogens with zero attached hydrogens (tertiary/aromatic N) is 4. The van der Waals surface area contributed by atoms with E-state index in [1.807, 2.05) is 6.92 Å². The molecule has 0 saturated carbocycles. The molecule has 2 heterocycles. The van der Waals surface area contributed by atoms with E-state index < -0.39 is 20.0 Å². The lowest BCUT2D eigenvalue weighted by Gasteiger charge is -2.20. The van der Waals surface area contributed by atoms with Gasteiger partial charge in [-0.2, -0.15) is 0 Å². The molecule has 0 aromatic carbocycles. The van der Waals surface area contributed by atoms with Crippen molar-refractivity contribution in [3.8, 4) is 0 Å². The Balaban J connectivity index is 1.47. The number of aromatic nitrogens is 4. The van der Waals surface area contributed by atoms with Gasteiger partial charge in [-0.1, -0.05) is 90.4 Å². The largest absolute Gasteiger partial charge is 0.382 e. The number of rotatable bonds is 28. The van der Waals surface area contributed by atoms with E-state index in [9.17, 15) is 9.46 Å². The molecular weight excluding hydrogens is 557 g/mol. The summed E-state index contributed by atoms with van der Waals surface area (Å²) < 4.78 is 36.4. The average Bonchev–Trinajstić information content (AvgIpc) is 3.39. The molecule has 0 aliphatic carbocycles. The molecule has 2 aromatic rings. The normalized spacial score (nSPS) is 14.0. The molecule has 0 saturated heterocycles. The zero-order valence-corrected chi connectivity index (χ0v) is 27.0. The van der Waals surface area contributed by atoms with Crippen LogP contribution < -0.4 is 5.73 Å². The van der Waals surface area contributed by atoms with Crippen molar-refractivity contribution in [2.24, 2.45) is 0 Å². The van der Waals surface area contributed by atoms with Crippen LogP contribution in [0.15, 0.2) is 12.7 Å². The molecule has 242 valence electrons. The second-order valence-electron chi connectivity index (χ2n) is 10.9. The topological polar surface area (TPSA) is 144 Å². The molecule has 2 aromatic heterocycles. The number of hydrogen-bond acceptors (Lipinski definition) is 9. The summed E-state index contributed by atoms with van der Waals surface area (Å²) in [4.78, 5) is 22.7. The van der Waals surface area contributed by atoms with Crippen LogP contribution in [0.25, 0.3) is 11.2 Å². The molecule has 42 heavy (non-hydrogen) atoms. The van der Waals surface area contributed by atoms with Gasteiger partial charge >= 0.3 is 7.60 Å². The Labute approximate surface area is 252 Å². The summed E-state index contributed by atoms with van der Waals surface area (Å²) in [5.74, 6) is 0.290. The first-order chi connectivity index (χ1) is 20.5. The van der Waals surface area contributed by atoms with E-state index >= 15 is 0 Å². The molecule has 3 N–H and O–H groups in total. The highest BCUT2D eigenvalue weighted by Gasteiger charge is 2.23. The minimum atomic E-state index is -3.92. The smallest absolute Gasteiger partial charge is 0.353 e. The Kier molecular flexibility index (Phi) is 19.9. The van der Waals surface area contributed by atoms with E-state index in [0.29, 0.717) is 37.3 Å². The van der Waals surface area contributed by atoms with Gasteiger partial charge in [-0.15, -0.1) is 0 Å². The average molecular weight is 614 g/mol. The lowest BCUT2D eigenvalue weighted by atomic mass is 10.0. The van der Waals surface area contributed by atoms with Crippen molar-refractivity contribution >= 4 is 24.6 Å². The van der Waals surface area contributed by atoms with Crippen LogP contribution in [0.1, 0.15) is 110 Å². The van der Waals surface area contributed by atoms with Gasteiger partial charge in [0, 0.05) is 19.8 Å². The maximum atomic E-state index is 12.5. The minimum Gasteiger partial charge on any atom is -0.382 e. The number of fused-ring (bicyclic) bond motifs is 1. The Morgan fingerprint density at radius 2 is 1.45 bits per heavy atom. The molecule has 1 unspecified atom stereocenters. The molecular formula is C30H56N5O6P. The third-order valence-electron chi connectivity index (χ3n) is 7.18. The fourth-order valence-electron chi connectivity index (χ4n) is 4.76. The highest BCUT2D eigenvalue weighted by atomic mass is 31.2. The van der Waals surface area contributed by atoms with E-state index in [0.717, 1.165) is 13.0 Å².